The van der Waals surface area contributed by atoms with Gasteiger partial charge in [-0.05, 0) is 68.7 Å². The third kappa shape index (κ3) is 4.73. The summed E-state index contributed by atoms with van der Waals surface area (Å²) in [6.45, 7) is 3.70. The van der Waals surface area contributed by atoms with Gasteiger partial charge in [0, 0.05) is 6.04 Å². The fraction of sp³-hybridized carbons (Fsp3) is 0.286. The van der Waals surface area contributed by atoms with Crippen molar-refractivity contribution in [1.29, 1.82) is 0 Å². The van der Waals surface area contributed by atoms with Crippen molar-refractivity contribution in [1.82, 2.24) is 20.1 Å². The quantitative estimate of drug-likeness (QED) is 0.679. The number of carbonyl (C=O) groups is 1. The summed E-state index contributed by atoms with van der Waals surface area (Å²) in [7, 11) is 1.64. The molecule has 1 unspecified atom stereocenters. The minimum absolute atomic E-state index is 0.0346. The van der Waals surface area contributed by atoms with E-state index in [1.807, 2.05) is 31.2 Å². The van der Waals surface area contributed by atoms with Gasteiger partial charge in [-0.25, -0.2) is 14.1 Å². The number of ether oxygens (including phenoxy) is 1. The summed E-state index contributed by atoms with van der Waals surface area (Å²) < 4.78 is 19.8. The van der Waals surface area contributed by atoms with E-state index in [9.17, 15) is 9.18 Å². The van der Waals surface area contributed by atoms with Gasteiger partial charge in [0.05, 0.1) is 12.8 Å². The van der Waals surface area contributed by atoms with Gasteiger partial charge in [-0.3, -0.25) is 4.79 Å². The zero-order chi connectivity index (χ0) is 20.1. The maximum atomic E-state index is 13.1. The molecule has 146 valence electrons. The molecule has 2 aromatic carbocycles. The predicted molar refractivity (Wildman–Crippen MR) is 104 cm³/mol. The maximum absolute atomic E-state index is 13.1. The minimum atomic E-state index is -0.329. The molecule has 1 heterocycles. The number of aryl methyl sites for hydroxylation is 2. The number of nitrogens with one attached hydrogen (secondary N) is 1. The van der Waals surface area contributed by atoms with Crippen LogP contribution in [0.5, 0.6) is 5.75 Å². The molecule has 0 fully saturated rings. The Balaban J connectivity index is 1.59. The zero-order valence-electron chi connectivity index (χ0n) is 16.1. The van der Waals surface area contributed by atoms with E-state index < -0.39 is 0 Å². The lowest BCUT2D eigenvalue weighted by molar-refractivity contribution is 0.0928. The third-order valence-corrected chi connectivity index (χ3v) is 4.45. The number of rotatable bonds is 7. The Hall–Kier alpha value is -3.22. The Morgan fingerprint density at radius 2 is 1.86 bits per heavy atom. The lowest BCUT2D eigenvalue weighted by atomic mass is 10.1. The number of amides is 1. The first-order chi connectivity index (χ1) is 13.5. The lowest BCUT2D eigenvalue weighted by Gasteiger charge is -2.12. The average molecular weight is 382 g/mol. The van der Waals surface area contributed by atoms with E-state index in [0.29, 0.717) is 11.5 Å². The molecule has 3 aromatic rings. The number of aromatic nitrogens is 3. The van der Waals surface area contributed by atoms with Gasteiger partial charge in [-0.15, -0.1) is 5.10 Å². The van der Waals surface area contributed by atoms with E-state index in [2.05, 4.69) is 15.4 Å². The molecule has 6 nitrogen and oxygen atoms in total. The van der Waals surface area contributed by atoms with Crippen LogP contribution >= 0.6 is 0 Å². The van der Waals surface area contributed by atoms with Crippen molar-refractivity contribution >= 4 is 5.91 Å². The van der Waals surface area contributed by atoms with Gasteiger partial charge in [0.15, 0.2) is 0 Å². The smallest absolute Gasteiger partial charge is 0.291 e. The van der Waals surface area contributed by atoms with E-state index in [0.717, 1.165) is 18.6 Å². The lowest BCUT2D eigenvalue weighted by Crippen LogP contribution is -2.33. The van der Waals surface area contributed by atoms with E-state index in [1.54, 1.807) is 26.2 Å². The second-order valence-corrected chi connectivity index (χ2v) is 6.63. The van der Waals surface area contributed by atoms with Gasteiger partial charge in [0.1, 0.15) is 17.4 Å². The van der Waals surface area contributed by atoms with Crippen LogP contribution in [0.15, 0.2) is 48.5 Å². The summed E-state index contributed by atoms with van der Waals surface area (Å²) in [5.41, 5.74) is 1.83. The summed E-state index contributed by atoms with van der Waals surface area (Å²) in [6, 6.07) is 13.7. The highest BCUT2D eigenvalue weighted by Crippen LogP contribution is 2.14. The summed E-state index contributed by atoms with van der Waals surface area (Å²) in [5.74, 6) is 0.820. The monoisotopic (exact) mass is 382 g/mol. The highest BCUT2D eigenvalue weighted by atomic mass is 19.1. The molecule has 3 rings (SSSR count). The maximum Gasteiger partial charge on any atom is 0.291 e. The zero-order valence-corrected chi connectivity index (χ0v) is 16.1. The number of halogens is 1. The molecule has 0 aliphatic heterocycles. The summed E-state index contributed by atoms with van der Waals surface area (Å²) >= 11 is 0. The number of hydrogen-bond acceptors (Lipinski definition) is 4. The Morgan fingerprint density at radius 1 is 1.18 bits per heavy atom. The van der Waals surface area contributed by atoms with E-state index in [4.69, 9.17) is 4.74 Å². The van der Waals surface area contributed by atoms with Gasteiger partial charge in [-0.2, -0.15) is 0 Å². The fourth-order valence-electron chi connectivity index (χ4n) is 2.85. The molecule has 1 atom stereocenters. The van der Waals surface area contributed by atoms with Gasteiger partial charge in [0.25, 0.3) is 5.91 Å². The molecule has 0 bridgehead atoms. The van der Waals surface area contributed by atoms with Crippen molar-refractivity contribution in [3.63, 3.8) is 0 Å². The number of hydrogen-bond donors (Lipinski definition) is 1. The largest absolute Gasteiger partial charge is 0.497 e. The van der Waals surface area contributed by atoms with Crippen LogP contribution in [0.3, 0.4) is 0 Å². The van der Waals surface area contributed by atoms with Gasteiger partial charge >= 0.3 is 0 Å². The van der Waals surface area contributed by atoms with Crippen molar-refractivity contribution < 1.29 is 13.9 Å². The third-order valence-electron chi connectivity index (χ3n) is 4.45. The molecule has 0 aliphatic rings. The van der Waals surface area contributed by atoms with Crippen LogP contribution in [0, 0.1) is 12.7 Å². The molecular formula is C21H23FN4O2. The van der Waals surface area contributed by atoms with Gasteiger partial charge in [-0.1, -0.05) is 12.1 Å². The molecular weight excluding hydrogens is 359 g/mol. The molecule has 1 N–H and O–H groups in total. The topological polar surface area (TPSA) is 69.0 Å². The Morgan fingerprint density at radius 3 is 2.50 bits per heavy atom. The standard InChI is InChI=1S/C21H23FN4O2/c1-14(4-5-16-6-12-19(28-3)13-7-16)23-21(27)20-24-15(2)26(25-20)18-10-8-17(22)9-11-18/h6-14H,4-5H2,1-3H3,(H,23,27). The highest BCUT2D eigenvalue weighted by molar-refractivity contribution is 5.90. The molecule has 0 saturated carbocycles. The molecule has 0 radical (unpaired) electrons. The molecule has 0 saturated heterocycles. The Kier molecular flexibility index (Phi) is 6.03. The van der Waals surface area contributed by atoms with Crippen molar-refractivity contribution in [2.24, 2.45) is 0 Å². The second-order valence-electron chi connectivity index (χ2n) is 6.63. The van der Waals surface area contributed by atoms with Crippen LogP contribution in [0.4, 0.5) is 4.39 Å². The molecule has 7 heteroatoms. The number of carbonyl (C=O) groups excluding carboxylic acids is 1. The van der Waals surface area contributed by atoms with Crippen LogP contribution in [0.25, 0.3) is 5.69 Å². The molecule has 28 heavy (non-hydrogen) atoms. The summed E-state index contributed by atoms with van der Waals surface area (Å²) in [4.78, 5) is 16.7. The van der Waals surface area contributed by atoms with Crippen LogP contribution in [0.2, 0.25) is 0 Å². The number of benzene rings is 2. The number of nitrogens with zero attached hydrogens (tertiary/aromatic N) is 3. The molecule has 1 aromatic heterocycles. The number of methoxy groups -OCH3 is 1. The predicted octanol–water partition coefficient (Wildman–Crippen LogP) is 3.47. The highest BCUT2D eigenvalue weighted by Gasteiger charge is 2.17. The fourth-order valence-corrected chi connectivity index (χ4v) is 2.85. The van der Waals surface area contributed by atoms with Crippen molar-refractivity contribution in [2.75, 3.05) is 7.11 Å². The van der Waals surface area contributed by atoms with Crippen molar-refractivity contribution in [2.45, 2.75) is 32.7 Å². The van der Waals surface area contributed by atoms with Gasteiger partial charge in [0.2, 0.25) is 5.82 Å². The molecule has 0 spiro atoms. The van der Waals surface area contributed by atoms with E-state index >= 15 is 0 Å². The van der Waals surface area contributed by atoms with E-state index in [1.165, 1.54) is 22.4 Å². The Labute approximate surface area is 163 Å². The first-order valence-electron chi connectivity index (χ1n) is 9.09. The Bertz CT molecular complexity index is 936. The summed E-state index contributed by atoms with van der Waals surface area (Å²) in [6.07, 6.45) is 1.62. The normalized spacial score (nSPS) is 11.9. The summed E-state index contributed by atoms with van der Waals surface area (Å²) in [5, 5.41) is 7.19. The first kappa shape index (κ1) is 19.5. The van der Waals surface area contributed by atoms with Crippen LogP contribution in [-0.2, 0) is 6.42 Å². The van der Waals surface area contributed by atoms with Crippen LogP contribution in [-0.4, -0.2) is 33.8 Å². The average Bonchev–Trinajstić information content (AvgIpc) is 3.09. The van der Waals surface area contributed by atoms with Crippen LogP contribution < -0.4 is 10.1 Å². The van der Waals surface area contributed by atoms with Gasteiger partial charge < -0.3 is 10.1 Å². The minimum Gasteiger partial charge on any atom is -0.497 e. The SMILES string of the molecule is COc1ccc(CCC(C)NC(=O)c2nc(C)n(-c3ccc(F)cc3)n2)cc1. The molecule has 0 aliphatic carbocycles. The molecule has 1 amide bonds. The van der Waals surface area contributed by atoms with Crippen molar-refractivity contribution in [3.05, 3.63) is 71.6 Å². The second kappa shape index (κ2) is 8.65. The van der Waals surface area contributed by atoms with E-state index in [-0.39, 0.29) is 23.6 Å². The van der Waals surface area contributed by atoms with Crippen LogP contribution in [0.1, 0.15) is 35.4 Å². The van der Waals surface area contributed by atoms with Crippen molar-refractivity contribution in [3.8, 4) is 11.4 Å². The first-order valence-corrected chi connectivity index (χ1v) is 9.09.